The van der Waals surface area contributed by atoms with Gasteiger partial charge in [-0.2, -0.15) is 0 Å². The normalized spacial score (nSPS) is 14.3. The summed E-state index contributed by atoms with van der Waals surface area (Å²) in [6.07, 6.45) is 0. The number of rotatable bonds is 7. The quantitative estimate of drug-likeness (QED) is 0.610. The first kappa shape index (κ1) is 19.4. The summed E-state index contributed by atoms with van der Waals surface area (Å²) in [5, 5.41) is 11.5. The van der Waals surface area contributed by atoms with Crippen molar-refractivity contribution >= 4 is 18.4 Å². The second kappa shape index (κ2) is 8.53. The van der Waals surface area contributed by atoms with Gasteiger partial charge in [0.25, 0.3) is 7.37 Å². The van der Waals surface area contributed by atoms with E-state index in [1.807, 2.05) is 79.7 Å². The third-order valence-corrected chi connectivity index (χ3v) is 6.88. The Morgan fingerprint density at radius 1 is 0.889 bits per heavy atom. The molecular formula is C22H24NO3P. The molecule has 0 aliphatic carbocycles. The van der Waals surface area contributed by atoms with Crippen molar-refractivity contribution in [3.63, 3.8) is 0 Å². The van der Waals surface area contributed by atoms with Gasteiger partial charge in [0.15, 0.2) is 5.85 Å². The number of aliphatic hydroxyl groups excluding tert-OH is 1. The lowest BCUT2D eigenvalue weighted by atomic mass is 10.2. The van der Waals surface area contributed by atoms with Crippen molar-refractivity contribution in [1.82, 2.24) is 0 Å². The van der Waals surface area contributed by atoms with Crippen molar-refractivity contribution in [2.24, 2.45) is 0 Å². The zero-order valence-electron chi connectivity index (χ0n) is 15.5. The van der Waals surface area contributed by atoms with Gasteiger partial charge in [-0.15, -0.1) is 0 Å². The summed E-state index contributed by atoms with van der Waals surface area (Å²) in [7, 11) is 0.324. The van der Waals surface area contributed by atoms with E-state index in [-0.39, 0.29) is 6.61 Å². The molecule has 0 spiro atoms. The van der Waals surface area contributed by atoms with Crippen LogP contribution in [0.1, 0.15) is 17.0 Å². The summed E-state index contributed by atoms with van der Waals surface area (Å²) in [5.41, 5.74) is 2.47. The molecule has 0 aliphatic heterocycles. The molecule has 3 aromatic carbocycles. The van der Waals surface area contributed by atoms with Gasteiger partial charge in [-0.05, 0) is 35.4 Å². The van der Waals surface area contributed by atoms with Crippen molar-refractivity contribution < 1.29 is 14.2 Å². The first-order chi connectivity index (χ1) is 13.0. The van der Waals surface area contributed by atoms with Crippen LogP contribution in [0.4, 0.5) is 5.69 Å². The molecule has 27 heavy (non-hydrogen) atoms. The van der Waals surface area contributed by atoms with Crippen molar-refractivity contribution in [2.45, 2.75) is 12.5 Å². The first-order valence-corrected chi connectivity index (χ1v) is 10.5. The van der Waals surface area contributed by atoms with Crippen LogP contribution in [-0.2, 0) is 15.7 Å². The topological polar surface area (TPSA) is 49.8 Å². The summed E-state index contributed by atoms with van der Waals surface area (Å²) in [6.45, 7) is 0.164. The van der Waals surface area contributed by atoms with Crippen LogP contribution in [0.25, 0.3) is 0 Å². The highest BCUT2D eigenvalue weighted by Gasteiger charge is 2.36. The standard InChI is InChI=1S/C22H24NO3P/c1-23(2)20-13-15-21(16-14-20)27(25,22(24)19-11-7-4-8-12-19)26-17-18-9-5-3-6-10-18/h3-16,22,24H,17H2,1-2H3/t22-,27+/m1/s1. The lowest BCUT2D eigenvalue weighted by Crippen LogP contribution is -2.16. The van der Waals surface area contributed by atoms with Crippen LogP contribution in [0.3, 0.4) is 0 Å². The SMILES string of the molecule is CN(C)c1ccc([P@](=O)(OCc2ccccc2)[C@@H](O)c2ccccc2)cc1. The van der Waals surface area contributed by atoms with Crippen LogP contribution in [0.2, 0.25) is 0 Å². The molecule has 0 fully saturated rings. The predicted octanol–water partition coefficient (Wildman–Crippen LogP) is 4.56. The van der Waals surface area contributed by atoms with Crippen molar-refractivity contribution in [3.8, 4) is 0 Å². The van der Waals surface area contributed by atoms with Crippen molar-refractivity contribution in [2.75, 3.05) is 19.0 Å². The molecule has 0 amide bonds. The minimum atomic E-state index is -3.56. The molecule has 2 atom stereocenters. The fraction of sp³-hybridized carbons (Fsp3) is 0.182. The van der Waals surface area contributed by atoms with E-state index in [1.54, 1.807) is 24.3 Å². The molecule has 0 aliphatic rings. The largest absolute Gasteiger partial charge is 0.378 e. The molecule has 4 nitrogen and oxygen atoms in total. The van der Waals surface area contributed by atoms with E-state index in [1.165, 1.54) is 0 Å². The van der Waals surface area contributed by atoms with E-state index in [9.17, 15) is 9.67 Å². The Hall–Kier alpha value is -2.39. The van der Waals surface area contributed by atoms with E-state index in [2.05, 4.69) is 0 Å². The van der Waals surface area contributed by atoms with Crippen LogP contribution in [-0.4, -0.2) is 19.2 Å². The van der Waals surface area contributed by atoms with E-state index < -0.39 is 13.2 Å². The zero-order chi connectivity index (χ0) is 19.3. The molecule has 0 bridgehead atoms. The average Bonchev–Trinajstić information content (AvgIpc) is 2.73. The molecule has 0 saturated carbocycles. The molecule has 0 radical (unpaired) electrons. The Morgan fingerprint density at radius 2 is 1.44 bits per heavy atom. The average molecular weight is 381 g/mol. The summed E-state index contributed by atoms with van der Waals surface area (Å²) in [6, 6.07) is 25.9. The number of hydrogen-bond donors (Lipinski definition) is 1. The van der Waals surface area contributed by atoms with Gasteiger partial charge >= 0.3 is 0 Å². The van der Waals surface area contributed by atoms with Crippen LogP contribution >= 0.6 is 7.37 Å². The number of aliphatic hydroxyl groups is 1. The predicted molar refractivity (Wildman–Crippen MR) is 111 cm³/mol. The van der Waals surface area contributed by atoms with Crippen molar-refractivity contribution in [3.05, 3.63) is 96.1 Å². The number of benzene rings is 3. The molecule has 0 heterocycles. The van der Waals surface area contributed by atoms with Gasteiger partial charge in [-0.25, -0.2) is 0 Å². The molecule has 5 heteroatoms. The summed E-state index contributed by atoms with van der Waals surface area (Å²) in [4.78, 5) is 1.97. The Kier molecular flexibility index (Phi) is 6.12. The van der Waals surface area contributed by atoms with Crippen LogP contribution in [0.5, 0.6) is 0 Å². The van der Waals surface area contributed by atoms with Gasteiger partial charge in [-0.1, -0.05) is 60.7 Å². The maximum absolute atomic E-state index is 13.9. The monoisotopic (exact) mass is 381 g/mol. The Bertz CT molecular complexity index is 896. The minimum Gasteiger partial charge on any atom is -0.378 e. The second-order valence-electron chi connectivity index (χ2n) is 6.55. The minimum absolute atomic E-state index is 0.164. The van der Waals surface area contributed by atoms with Gasteiger partial charge in [0.2, 0.25) is 0 Å². The molecule has 140 valence electrons. The smallest absolute Gasteiger partial charge is 0.264 e. The highest BCUT2D eigenvalue weighted by molar-refractivity contribution is 7.67. The molecular weight excluding hydrogens is 357 g/mol. The van der Waals surface area contributed by atoms with E-state index in [0.29, 0.717) is 10.9 Å². The highest BCUT2D eigenvalue weighted by Crippen LogP contribution is 2.58. The molecule has 3 aromatic rings. The van der Waals surface area contributed by atoms with E-state index in [0.717, 1.165) is 11.3 Å². The molecule has 3 rings (SSSR count). The van der Waals surface area contributed by atoms with Crippen LogP contribution in [0.15, 0.2) is 84.9 Å². The molecule has 0 saturated heterocycles. The van der Waals surface area contributed by atoms with Gasteiger partial charge in [0.1, 0.15) is 0 Å². The van der Waals surface area contributed by atoms with Crippen LogP contribution < -0.4 is 10.2 Å². The third kappa shape index (κ3) is 4.48. The maximum Gasteiger partial charge on any atom is 0.264 e. The van der Waals surface area contributed by atoms with E-state index >= 15 is 0 Å². The van der Waals surface area contributed by atoms with Crippen LogP contribution in [0, 0.1) is 0 Å². The van der Waals surface area contributed by atoms with Gasteiger partial charge in [0, 0.05) is 25.1 Å². The van der Waals surface area contributed by atoms with E-state index in [4.69, 9.17) is 4.52 Å². The Morgan fingerprint density at radius 3 is 2.00 bits per heavy atom. The Balaban J connectivity index is 1.96. The lowest BCUT2D eigenvalue weighted by Gasteiger charge is -2.25. The number of hydrogen-bond acceptors (Lipinski definition) is 4. The summed E-state index contributed by atoms with van der Waals surface area (Å²) < 4.78 is 19.8. The summed E-state index contributed by atoms with van der Waals surface area (Å²) >= 11 is 0. The van der Waals surface area contributed by atoms with Gasteiger partial charge in [0.05, 0.1) is 6.61 Å². The van der Waals surface area contributed by atoms with Gasteiger partial charge < -0.3 is 14.5 Å². The highest BCUT2D eigenvalue weighted by atomic mass is 31.2. The van der Waals surface area contributed by atoms with Gasteiger partial charge in [-0.3, -0.25) is 4.57 Å². The summed E-state index contributed by atoms with van der Waals surface area (Å²) in [5.74, 6) is -1.23. The molecule has 1 N–H and O–H groups in total. The Labute approximate surface area is 160 Å². The van der Waals surface area contributed by atoms with Crippen molar-refractivity contribution in [1.29, 1.82) is 0 Å². The zero-order valence-corrected chi connectivity index (χ0v) is 16.4. The third-order valence-electron chi connectivity index (χ3n) is 4.41. The molecule has 0 unspecified atom stereocenters. The lowest BCUT2D eigenvalue weighted by molar-refractivity contribution is 0.210. The number of anilines is 1. The maximum atomic E-state index is 13.9. The second-order valence-corrected chi connectivity index (χ2v) is 9.01. The fourth-order valence-electron chi connectivity index (χ4n) is 2.81. The first-order valence-electron chi connectivity index (χ1n) is 8.80. The fourth-order valence-corrected chi connectivity index (χ4v) is 4.85. The number of nitrogens with zero attached hydrogens (tertiary/aromatic N) is 1. The molecule has 0 aromatic heterocycles.